The van der Waals surface area contributed by atoms with E-state index in [9.17, 15) is 9.59 Å². The number of rotatable bonds is 3. The van der Waals surface area contributed by atoms with Crippen LogP contribution in [0.25, 0.3) is 11.3 Å². The summed E-state index contributed by atoms with van der Waals surface area (Å²) in [6.45, 7) is 0. The highest BCUT2D eigenvalue weighted by atomic mass is 32.1. The molecule has 4 rings (SSSR count). The van der Waals surface area contributed by atoms with Gasteiger partial charge in [0.15, 0.2) is 0 Å². The van der Waals surface area contributed by atoms with Crippen molar-refractivity contribution in [2.75, 3.05) is 10.6 Å². The van der Waals surface area contributed by atoms with Gasteiger partial charge >= 0.3 is 0 Å². The quantitative estimate of drug-likeness (QED) is 0.759. The van der Waals surface area contributed by atoms with Crippen molar-refractivity contribution < 1.29 is 9.59 Å². The second kappa shape index (κ2) is 6.45. The molecule has 7 heteroatoms. The summed E-state index contributed by atoms with van der Waals surface area (Å²) in [6.07, 6.45) is 0.144. The predicted octanol–water partition coefficient (Wildman–Crippen LogP) is 3.27. The third-order valence-corrected chi connectivity index (χ3v) is 4.63. The summed E-state index contributed by atoms with van der Waals surface area (Å²) < 4.78 is 3.84. The van der Waals surface area contributed by atoms with Crippen molar-refractivity contribution in [2.24, 2.45) is 0 Å². The Bertz CT molecular complexity index is 923. The van der Waals surface area contributed by atoms with Crippen LogP contribution in [-0.4, -0.2) is 21.4 Å². The van der Waals surface area contributed by atoms with E-state index in [1.807, 2.05) is 53.9 Å². The number of nitrogens with zero attached hydrogens (tertiary/aromatic N) is 2. The lowest BCUT2D eigenvalue weighted by atomic mass is 9.90. The van der Waals surface area contributed by atoms with Gasteiger partial charge in [0.2, 0.25) is 11.8 Å². The number of aromatic nitrogens is 2. The van der Waals surface area contributed by atoms with Gasteiger partial charge < -0.3 is 10.6 Å². The number of anilines is 2. The van der Waals surface area contributed by atoms with Crippen molar-refractivity contribution in [1.82, 2.24) is 9.59 Å². The number of hydrogen-bond donors (Lipinski definition) is 2. The van der Waals surface area contributed by atoms with Gasteiger partial charge in [-0.05, 0) is 35.3 Å². The number of para-hydroxylation sites is 1. The highest BCUT2D eigenvalue weighted by Crippen LogP contribution is 2.33. The fraction of sp³-hybridized carbons (Fsp3) is 0.111. The van der Waals surface area contributed by atoms with E-state index < -0.39 is 5.92 Å². The third kappa shape index (κ3) is 3.14. The van der Waals surface area contributed by atoms with E-state index in [1.165, 1.54) is 11.5 Å². The fourth-order valence-corrected chi connectivity index (χ4v) is 3.35. The first-order valence-corrected chi connectivity index (χ1v) is 8.61. The molecule has 0 fully saturated rings. The number of hydrogen-bond acceptors (Lipinski definition) is 5. The molecule has 2 aromatic carbocycles. The number of amides is 2. The number of fused-ring (bicyclic) bond motifs is 1. The molecule has 0 aliphatic carbocycles. The smallest absolute Gasteiger partial charge is 0.232 e. The van der Waals surface area contributed by atoms with Crippen LogP contribution in [0.2, 0.25) is 0 Å². The van der Waals surface area contributed by atoms with E-state index in [1.54, 1.807) is 0 Å². The molecule has 1 unspecified atom stereocenters. The minimum Gasteiger partial charge on any atom is -0.326 e. The Kier molecular flexibility index (Phi) is 3.99. The number of nitrogens with one attached hydrogen (secondary N) is 2. The van der Waals surface area contributed by atoms with E-state index in [0.717, 1.165) is 16.8 Å². The van der Waals surface area contributed by atoms with Gasteiger partial charge in [0.1, 0.15) is 5.69 Å². The molecule has 0 spiro atoms. The maximum absolute atomic E-state index is 12.7. The molecule has 1 atom stereocenters. The molecule has 6 nitrogen and oxygen atoms in total. The number of carbonyl (C=O) groups is 2. The molecule has 0 radical (unpaired) electrons. The van der Waals surface area contributed by atoms with E-state index in [4.69, 9.17) is 0 Å². The summed E-state index contributed by atoms with van der Waals surface area (Å²) in [5.41, 5.74) is 3.96. The molecule has 2 amide bonds. The lowest BCUT2D eigenvalue weighted by Gasteiger charge is -2.24. The van der Waals surface area contributed by atoms with Crippen molar-refractivity contribution in [1.29, 1.82) is 0 Å². The van der Waals surface area contributed by atoms with E-state index in [-0.39, 0.29) is 18.2 Å². The molecule has 2 N–H and O–H groups in total. The summed E-state index contributed by atoms with van der Waals surface area (Å²) in [5.74, 6) is -0.831. The zero-order valence-corrected chi connectivity index (χ0v) is 13.9. The molecule has 3 aromatic rings. The van der Waals surface area contributed by atoms with Crippen LogP contribution in [-0.2, 0) is 9.59 Å². The summed E-state index contributed by atoms with van der Waals surface area (Å²) in [4.78, 5) is 24.5. The Balaban J connectivity index is 1.53. The summed E-state index contributed by atoms with van der Waals surface area (Å²) in [7, 11) is 0. The average Bonchev–Trinajstić information content (AvgIpc) is 3.16. The Labute approximate surface area is 148 Å². The van der Waals surface area contributed by atoms with Gasteiger partial charge in [0.25, 0.3) is 0 Å². The molecule has 1 aliphatic rings. The van der Waals surface area contributed by atoms with Crippen LogP contribution in [0.5, 0.6) is 0 Å². The van der Waals surface area contributed by atoms with Crippen LogP contribution in [0.1, 0.15) is 17.9 Å². The van der Waals surface area contributed by atoms with E-state index in [2.05, 4.69) is 20.2 Å². The summed E-state index contributed by atoms with van der Waals surface area (Å²) >= 11 is 1.29. The van der Waals surface area contributed by atoms with Gasteiger partial charge in [0, 0.05) is 28.7 Å². The zero-order valence-electron chi connectivity index (χ0n) is 13.1. The largest absolute Gasteiger partial charge is 0.326 e. The van der Waals surface area contributed by atoms with Crippen LogP contribution >= 0.6 is 11.5 Å². The Morgan fingerprint density at radius 2 is 1.96 bits per heavy atom. The summed E-state index contributed by atoms with van der Waals surface area (Å²) in [5, 5.41) is 11.6. The number of benzene rings is 2. The van der Waals surface area contributed by atoms with Gasteiger partial charge in [-0.2, -0.15) is 0 Å². The maximum atomic E-state index is 12.7. The van der Waals surface area contributed by atoms with E-state index >= 15 is 0 Å². The first-order valence-electron chi connectivity index (χ1n) is 7.78. The molecule has 124 valence electrons. The van der Waals surface area contributed by atoms with Gasteiger partial charge in [-0.3, -0.25) is 9.59 Å². The standard InChI is InChI=1S/C18H14N4O2S/c23-17-9-14(13-3-1-2-4-15(13)20-17)18(24)19-12-7-5-11(6-8-12)16-10-25-22-21-16/h1-8,10,14H,9H2,(H,19,24)(H,20,23). The van der Waals surface area contributed by atoms with Crippen LogP contribution in [0.4, 0.5) is 11.4 Å². The highest BCUT2D eigenvalue weighted by molar-refractivity contribution is 7.03. The zero-order chi connectivity index (χ0) is 17.2. The van der Waals surface area contributed by atoms with Crippen LogP contribution in [0, 0.1) is 0 Å². The lowest BCUT2D eigenvalue weighted by molar-refractivity contribution is -0.123. The Hall–Kier alpha value is -3.06. The molecule has 2 heterocycles. The Morgan fingerprint density at radius 1 is 1.16 bits per heavy atom. The van der Waals surface area contributed by atoms with Crippen LogP contribution < -0.4 is 10.6 Å². The van der Waals surface area contributed by atoms with Crippen molar-refractivity contribution >= 4 is 34.7 Å². The molecule has 0 bridgehead atoms. The molecule has 0 saturated heterocycles. The third-order valence-electron chi connectivity index (χ3n) is 4.12. The highest BCUT2D eigenvalue weighted by Gasteiger charge is 2.30. The van der Waals surface area contributed by atoms with Gasteiger partial charge in [-0.15, -0.1) is 5.10 Å². The van der Waals surface area contributed by atoms with Crippen molar-refractivity contribution in [3.8, 4) is 11.3 Å². The van der Waals surface area contributed by atoms with Gasteiger partial charge in [-0.1, -0.05) is 34.8 Å². The van der Waals surface area contributed by atoms with Crippen LogP contribution in [0.15, 0.2) is 53.9 Å². The van der Waals surface area contributed by atoms with Crippen molar-refractivity contribution in [2.45, 2.75) is 12.3 Å². The van der Waals surface area contributed by atoms with E-state index in [0.29, 0.717) is 11.4 Å². The normalized spacial score (nSPS) is 16.0. The Morgan fingerprint density at radius 3 is 2.72 bits per heavy atom. The first kappa shape index (κ1) is 15.5. The van der Waals surface area contributed by atoms with Crippen LogP contribution in [0.3, 0.4) is 0 Å². The second-order valence-electron chi connectivity index (χ2n) is 5.75. The monoisotopic (exact) mass is 350 g/mol. The van der Waals surface area contributed by atoms with Crippen molar-refractivity contribution in [3.05, 3.63) is 59.5 Å². The molecular weight excluding hydrogens is 336 g/mol. The molecule has 0 saturated carbocycles. The second-order valence-corrected chi connectivity index (χ2v) is 6.36. The molecular formula is C18H14N4O2S. The minimum atomic E-state index is -0.493. The van der Waals surface area contributed by atoms with Gasteiger partial charge in [0.05, 0.1) is 5.92 Å². The number of carbonyl (C=O) groups excluding carboxylic acids is 2. The molecule has 1 aliphatic heterocycles. The summed E-state index contributed by atoms with van der Waals surface area (Å²) in [6, 6.07) is 14.8. The van der Waals surface area contributed by atoms with Crippen molar-refractivity contribution in [3.63, 3.8) is 0 Å². The molecule has 1 aromatic heterocycles. The average molecular weight is 350 g/mol. The fourth-order valence-electron chi connectivity index (χ4n) is 2.89. The van der Waals surface area contributed by atoms with Gasteiger partial charge in [-0.25, -0.2) is 0 Å². The first-order chi connectivity index (χ1) is 12.2. The maximum Gasteiger partial charge on any atom is 0.232 e. The molecule has 25 heavy (non-hydrogen) atoms. The SMILES string of the molecule is O=C1CC(C(=O)Nc2ccc(-c3csnn3)cc2)c2ccccc2N1. The lowest BCUT2D eigenvalue weighted by Crippen LogP contribution is -2.30. The predicted molar refractivity (Wildman–Crippen MR) is 96.4 cm³/mol. The topological polar surface area (TPSA) is 84.0 Å². The minimum absolute atomic E-state index is 0.144.